The maximum Gasteiger partial charge on any atom is 0.235 e. The van der Waals surface area contributed by atoms with Crippen LogP contribution in [0.1, 0.15) is 34.6 Å². The van der Waals surface area contributed by atoms with Gasteiger partial charge in [0.25, 0.3) is 0 Å². The number of carbonyl (C=O) groups is 2. The molecule has 0 aliphatic carbocycles. The van der Waals surface area contributed by atoms with E-state index < -0.39 is 14.3 Å². The Morgan fingerprint density at radius 3 is 2.34 bits per heavy atom. The predicted octanol–water partition coefficient (Wildman–Crippen LogP) is 3.63. The molecule has 0 saturated carbocycles. The van der Waals surface area contributed by atoms with Gasteiger partial charge in [-0.25, -0.2) is 0 Å². The van der Waals surface area contributed by atoms with E-state index in [0.717, 1.165) is 4.90 Å². The van der Waals surface area contributed by atoms with E-state index in [1.54, 1.807) is 0 Å². The van der Waals surface area contributed by atoms with E-state index in [9.17, 15) is 14.7 Å². The topological polar surface area (TPSA) is 69.7 Å². The van der Waals surface area contributed by atoms with Gasteiger partial charge in [0.2, 0.25) is 5.91 Å². The number of rotatable bonds is 6. The van der Waals surface area contributed by atoms with Crippen molar-refractivity contribution in [1.29, 1.82) is 0 Å². The third kappa shape index (κ3) is 3.80. The number of aliphatic carboxylic acids is 1. The molecule has 158 valence electrons. The van der Waals surface area contributed by atoms with Gasteiger partial charge in [-0.3, -0.25) is 4.79 Å². The number of carboxylic acid groups (broad SMARTS) is 1. The molecule has 2 aliphatic rings. The molecule has 1 aromatic rings. The molecule has 0 bridgehead atoms. The monoisotopic (exact) mass is 432 g/mol. The molecule has 0 spiro atoms. The van der Waals surface area contributed by atoms with Gasteiger partial charge in [-0.1, -0.05) is 57.7 Å². The number of β-lactam (4-membered cyclic amide) rings is 1. The standard InChI is InChI=1S/C22H31NO4SSi/c1-13-17-16(14(2)27-29(6,7)22(3,4)5)20(24)23(17)18(21(25)26)19(13)28-15-11-9-8-10-12-15/h8-14,16-17H,1-7H3,(H,25,26)/p-1/t13-,14-,16-,17-/m1/s1. The van der Waals surface area contributed by atoms with E-state index in [1.807, 2.05) is 44.2 Å². The minimum absolute atomic E-state index is 0.0251. The van der Waals surface area contributed by atoms with Gasteiger partial charge >= 0.3 is 0 Å². The highest BCUT2D eigenvalue weighted by molar-refractivity contribution is 8.03. The fourth-order valence-electron chi connectivity index (χ4n) is 3.96. The van der Waals surface area contributed by atoms with Crippen molar-refractivity contribution in [3.05, 3.63) is 40.9 Å². The number of carboxylic acids is 1. The van der Waals surface area contributed by atoms with E-state index in [0.29, 0.717) is 4.91 Å². The number of benzene rings is 1. The molecule has 4 atom stereocenters. The Hall–Kier alpha value is -1.57. The third-order valence-electron chi connectivity index (χ3n) is 6.55. The average Bonchev–Trinajstić information content (AvgIpc) is 2.84. The van der Waals surface area contributed by atoms with E-state index >= 15 is 0 Å². The number of hydrogen-bond acceptors (Lipinski definition) is 5. The van der Waals surface area contributed by atoms with Crippen LogP contribution in [0.25, 0.3) is 0 Å². The number of fused-ring (bicyclic) bond motifs is 1. The Bertz CT molecular complexity index is 846. The summed E-state index contributed by atoms with van der Waals surface area (Å²) in [5.41, 5.74) is 0.0251. The molecule has 5 nitrogen and oxygen atoms in total. The first kappa shape index (κ1) is 22.1. The summed E-state index contributed by atoms with van der Waals surface area (Å²) in [6.45, 7) is 14.8. The molecule has 1 fully saturated rings. The fourth-order valence-corrected chi connectivity index (χ4v) is 6.54. The normalized spacial score (nSPS) is 25.7. The van der Waals surface area contributed by atoms with Crippen molar-refractivity contribution in [3.63, 3.8) is 0 Å². The molecule has 0 radical (unpaired) electrons. The SMILES string of the molecule is C[C@@H](O[Si](C)(C)C(C)(C)C)[C@H]1C(=O)N2C(C(=O)[O-])=C(Sc3ccccc3)[C@H](C)[C@H]12. The zero-order chi connectivity index (χ0) is 21.7. The summed E-state index contributed by atoms with van der Waals surface area (Å²) in [5.74, 6) is -1.87. The van der Waals surface area contributed by atoms with Crippen molar-refractivity contribution < 1.29 is 19.1 Å². The van der Waals surface area contributed by atoms with Crippen LogP contribution in [0.15, 0.2) is 45.8 Å². The summed E-state index contributed by atoms with van der Waals surface area (Å²) in [7, 11) is -2.04. The van der Waals surface area contributed by atoms with Gasteiger partial charge in [-0.15, -0.1) is 0 Å². The molecule has 2 aliphatic heterocycles. The smallest absolute Gasteiger partial charge is 0.235 e. The minimum atomic E-state index is -2.04. The van der Waals surface area contributed by atoms with E-state index in [2.05, 4.69) is 33.9 Å². The van der Waals surface area contributed by atoms with Crippen LogP contribution in [0.2, 0.25) is 18.1 Å². The van der Waals surface area contributed by atoms with E-state index in [4.69, 9.17) is 4.43 Å². The Kier molecular flexibility index (Phi) is 5.79. The van der Waals surface area contributed by atoms with Crippen LogP contribution in [0.3, 0.4) is 0 Å². The molecule has 3 rings (SSSR count). The van der Waals surface area contributed by atoms with Crippen molar-refractivity contribution in [2.45, 2.75) is 69.8 Å². The van der Waals surface area contributed by atoms with Crippen LogP contribution in [0.4, 0.5) is 0 Å². The first-order chi connectivity index (χ1) is 13.4. The first-order valence-corrected chi connectivity index (χ1v) is 13.8. The molecule has 1 amide bonds. The summed E-state index contributed by atoms with van der Waals surface area (Å²) < 4.78 is 6.49. The van der Waals surface area contributed by atoms with Gasteiger partial charge in [0, 0.05) is 15.7 Å². The van der Waals surface area contributed by atoms with Crippen LogP contribution >= 0.6 is 11.8 Å². The largest absolute Gasteiger partial charge is 0.543 e. The quantitative estimate of drug-likeness (QED) is 0.507. The van der Waals surface area contributed by atoms with Crippen LogP contribution in [-0.4, -0.2) is 37.2 Å². The van der Waals surface area contributed by atoms with Gasteiger partial charge in [-0.05, 0) is 37.2 Å². The van der Waals surface area contributed by atoms with Crippen molar-refractivity contribution in [3.8, 4) is 0 Å². The molecule has 2 heterocycles. The van der Waals surface area contributed by atoms with Crippen molar-refractivity contribution in [2.75, 3.05) is 0 Å². The second-order valence-corrected chi connectivity index (χ2v) is 15.4. The van der Waals surface area contributed by atoms with Crippen LogP contribution < -0.4 is 5.11 Å². The number of thioether (sulfide) groups is 1. The van der Waals surface area contributed by atoms with Gasteiger partial charge in [0.05, 0.1) is 29.7 Å². The molecule has 29 heavy (non-hydrogen) atoms. The zero-order valence-electron chi connectivity index (χ0n) is 18.2. The van der Waals surface area contributed by atoms with Crippen LogP contribution in [-0.2, 0) is 14.0 Å². The second kappa shape index (κ2) is 7.60. The fraction of sp³-hybridized carbons (Fsp3) is 0.545. The zero-order valence-corrected chi connectivity index (χ0v) is 20.0. The lowest BCUT2D eigenvalue weighted by molar-refractivity contribution is -0.301. The molecule has 1 saturated heterocycles. The highest BCUT2D eigenvalue weighted by Gasteiger charge is 2.60. The molecule has 7 heteroatoms. The van der Waals surface area contributed by atoms with Crippen molar-refractivity contribution in [2.24, 2.45) is 11.8 Å². The highest BCUT2D eigenvalue weighted by Crippen LogP contribution is 2.52. The average molecular weight is 433 g/mol. The number of carbonyl (C=O) groups excluding carboxylic acids is 2. The maximum absolute atomic E-state index is 13.0. The number of hydrogen-bond donors (Lipinski definition) is 0. The Labute approximate surface area is 178 Å². The molecule has 1 aromatic carbocycles. The molecule has 0 N–H and O–H groups in total. The lowest BCUT2D eigenvalue weighted by Gasteiger charge is -2.50. The predicted molar refractivity (Wildman–Crippen MR) is 115 cm³/mol. The van der Waals surface area contributed by atoms with Crippen LogP contribution in [0.5, 0.6) is 0 Å². The molecule has 0 unspecified atom stereocenters. The Morgan fingerprint density at radius 1 is 1.24 bits per heavy atom. The highest BCUT2D eigenvalue weighted by atomic mass is 32.2. The van der Waals surface area contributed by atoms with Crippen molar-refractivity contribution in [1.82, 2.24) is 4.90 Å². The Balaban J connectivity index is 1.86. The Morgan fingerprint density at radius 2 is 1.83 bits per heavy atom. The lowest BCUT2D eigenvalue weighted by atomic mass is 9.79. The number of nitrogens with zero attached hydrogens (tertiary/aromatic N) is 1. The lowest BCUT2D eigenvalue weighted by Crippen LogP contribution is -2.65. The summed E-state index contributed by atoms with van der Waals surface area (Å²) in [6, 6.07) is 9.44. The molecular formula is C22H30NO4SSi-. The maximum atomic E-state index is 13.0. The van der Waals surface area contributed by atoms with Crippen molar-refractivity contribution >= 4 is 32.0 Å². The third-order valence-corrected chi connectivity index (χ3v) is 12.4. The number of amides is 1. The second-order valence-electron chi connectivity index (χ2n) is 9.51. The van der Waals surface area contributed by atoms with Crippen LogP contribution in [0, 0.1) is 11.8 Å². The summed E-state index contributed by atoms with van der Waals surface area (Å²) in [5, 5.41) is 12.0. The minimum Gasteiger partial charge on any atom is -0.543 e. The van der Waals surface area contributed by atoms with Gasteiger partial charge in [-0.2, -0.15) is 0 Å². The first-order valence-electron chi connectivity index (χ1n) is 10.1. The molecular weight excluding hydrogens is 402 g/mol. The van der Waals surface area contributed by atoms with E-state index in [-0.39, 0.29) is 40.6 Å². The van der Waals surface area contributed by atoms with Gasteiger partial charge < -0.3 is 19.2 Å². The van der Waals surface area contributed by atoms with Gasteiger partial charge in [0.1, 0.15) is 0 Å². The summed E-state index contributed by atoms with van der Waals surface area (Å²) in [4.78, 5) is 28.0. The molecule has 0 aromatic heterocycles. The summed E-state index contributed by atoms with van der Waals surface area (Å²) in [6.07, 6.45) is -0.254. The van der Waals surface area contributed by atoms with Gasteiger partial charge in [0.15, 0.2) is 8.32 Å². The summed E-state index contributed by atoms with van der Waals surface area (Å²) >= 11 is 1.41. The van der Waals surface area contributed by atoms with E-state index in [1.165, 1.54) is 16.7 Å².